The van der Waals surface area contributed by atoms with Gasteiger partial charge in [-0.1, -0.05) is 13.8 Å². The Kier molecular flexibility index (Phi) is 5.15. The average molecular weight is 239 g/mol. The maximum absolute atomic E-state index is 11.7. The minimum atomic E-state index is -0.109. The molecule has 0 saturated heterocycles. The summed E-state index contributed by atoms with van der Waals surface area (Å²) in [6.45, 7) is 7.43. The first kappa shape index (κ1) is 13.7. The lowest BCUT2D eigenvalue weighted by molar-refractivity contribution is 0.0984. The number of hydrogen-bond acceptors (Lipinski definition) is 4. The Morgan fingerprint density at radius 2 is 2.18 bits per heavy atom. The summed E-state index contributed by atoms with van der Waals surface area (Å²) in [6, 6.07) is 1.57. The van der Waals surface area contributed by atoms with Crippen LogP contribution in [0.3, 0.4) is 0 Å². The number of hydrogen-bond donors (Lipinski definition) is 1. The SMILES string of the molecule is COC(C)Cn1ncc(NCC(C)C)cc1=O. The van der Waals surface area contributed by atoms with Crippen LogP contribution >= 0.6 is 0 Å². The molecule has 1 unspecified atom stereocenters. The molecule has 0 radical (unpaired) electrons. The number of nitrogens with zero attached hydrogens (tertiary/aromatic N) is 2. The van der Waals surface area contributed by atoms with Gasteiger partial charge in [0, 0.05) is 19.7 Å². The van der Waals surface area contributed by atoms with E-state index in [1.54, 1.807) is 19.4 Å². The summed E-state index contributed by atoms with van der Waals surface area (Å²) in [5.74, 6) is 0.533. The molecule has 0 bridgehead atoms. The zero-order valence-corrected chi connectivity index (χ0v) is 10.9. The molecular weight excluding hydrogens is 218 g/mol. The number of methoxy groups -OCH3 is 1. The van der Waals surface area contributed by atoms with E-state index in [0.29, 0.717) is 12.5 Å². The number of nitrogens with one attached hydrogen (secondary N) is 1. The molecule has 1 heterocycles. The molecule has 96 valence electrons. The van der Waals surface area contributed by atoms with E-state index < -0.39 is 0 Å². The molecule has 1 N–H and O–H groups in total. The second-order valence-electron chi connectivity index (χ2n) is 4.59. The normalized spacial score (nSPS) is 12.8. The van der Waals surface area contributed by atoms with Gasteiger partial charge in [-0.15, -0.1) is 0 Å². The van der Waals surface area contributed by atoms with E-state index in [9.17, 15) is 4.79 Å². The van der Waals surface area contributed by atoms with E-state index >= 15 is 0 Å². The van der Waals surface area contributed by atoms with Crippen LogP contribution in [0.15, 0.2) is 17.1 Å². The second-order valence-corrected chi connectivity index (χ2v) is 4.59. The van der Waals surface area contributed by atoms with Crippen molar-refractivity contribution in [2.24, 2.45) is 5.92 Å². The van der Waals surface area contributed by atoms with Crippen molar-refractivity contribution < 1.29 is 4.74 Å². The van der Waals surface area contributed by atoms with Crippen molar-refractivity contribution in [3.8, 4) is 0 Å². The molecule has 5 heteroatoms. The van der Waals surface area contributed by atoms with Crippen LogP contribution < -0.4 is 10.9 Å². The van der Waals surface area contributed by atoms with E-state index in [1.807, 2.05) is 6.92 Å². The van der Waals surface area contributed by atoms with E-state index in [-0.39, 0.29) is 11.7 Å². The van der Waals surface area contributed by atoms with Crippen molar-refractivity contribution in [1.29, 1.82) is 0 Å². The van der Waals surface area contributed by atoms with Gasteiger partial charge < -0.3 is 10.1 Å². The fraction of sp³-hybridized carbons (Fsp3) is 0.667. The van der Waals surface area contributed by atoms with Gasteiger partial charge in [-0.2, -0.15) is 5.10 Å². The van der Waals surface area contributed by atoms with Crippen LogP contribution in [0.1, 0.15) is 20.8 Å². The molecule has 0 aliphatic heterocycles. The molecule has 0 aromatic carbocycles. The molecule has 0 amide bonds. The van der Waals surface area contributed by atoms with Crippen LogP contribution in [0.4, 0.5) is 5.69 Å². The van der Waals surface area contributed by atoms with Crippen LogP contribution in [-0.2, 0) is 11.3 Å². The third kappa shape index (κ3) is 4.56. The van der Waals surface area contributed by atoms with Crippen molar-refractivity contribution in [3.05, 3.63) is 22.6 Å². The summed E-state index contributed by atoms with van der Waals surface area (Å²) >= 11 is 0. The molecule has 0 aliphatic carbocycles. The molecule has 0 spiro atoms. The highest BCUT2D eigenvalue weighted by Crippen LogP contribution is 2.02. The van der Waals surface area contributed by atoms with E-state index in [1.165, 1.54) is 4.68 Å². The Morgan fingerprint density at radius 3 is 2.71 bits per heavy atom. The Bertz CT molecular complexity index is 401. The van der Waals surface area contributed by atoms with Crippen LogP contribution in [0.2, 0.25) is 0 Å². The molecule has 1 aromatic rings. The quantitative estimate of drug-likeness (QED) is 0.814. The minimum absolute atomic E-state index is 0.0188. The first-order chi connectivity index (χ1) is 8.02. The summed E-state index contributed by atoms with van der Waals surface area (Å²) < 4.78 is 6.51. The first-order valence-electron chi connectivity index (χ1n) is 5.86. The topological polar surface area (TPSA) is 56.1 Å². The number of ether oxygens (including phenoxy) is 1. The van der Waals surface area contributed by atoms with Crippen molar-refractivity contribution in [2.45, 2.75) is 33.4 Å². The largest absolute Gasteiger partial charge is 0.383 e. The van der Waals surface area contributed by atoms with E-state index in [2.05, 4.69) is 24.3 Å². The lowest BCUT2D eigenvalue weighted by Gasteiger charge is -2.12. The van der Waals surface area contributed by atoms with Gasteiger partial charge >= 0.3 is 0 Å². The van der Waals surface area contributed by atoms with Crippen LogP contribution in [0.5, 0.6) is 0 Å². The molecule has 17 heavy (non-hydrogen) atoms. The monoisotopic (exact) mass is 239 g/mol. The minimum Gasteiger partial charge on any atom is -0.383 e. The van der Waals surface area contributed by atoms with Crippen molar-refractivity contribution >= 4 is 5.69 Å². The standard InChI is InChI=1S/C12H21N3O2/c1-9(2)6-13-11-5-12(16)15(14-7-11)8-10(3)17-4/h5,7,9-10,13H,6,8H2,1-4H3. The van der Waals surface area contributed by atoms with Gasteiger partial charge in [-0.05, 0) is 12.8 Å². The number of rotatable bonds is 6. The van der Waals surface area contributed by atoms with Crippen LogP contribution in [0.25, 0.3) is 0 Å². The van der Waals surface area contributed by atoms with Gasteiger partial charge in [0.05, 0.1) is 24.5 Å². The highest BCUT2D eigenvalue weighted by molar-refractivity contribution is 5.38. The van der Waals surface area contributed by atoms with Crippen molar-refractivity contribution in [1.82, 2.24) is 9.78 Å². The lowest BCUT2D eigenvalue weighted by atomic mass is 10.2. The summed E-state index contributed by atoms with van der Waals surface area (Å²) in [5.41, 5.74) is 0.660. The third-order valence-corrected chi connectivity index (χ3v) is 2.42. The molecule has 5 nitrogen and oxygen atoms in total. The van der Waals surface area contributed by atoms with Gasteiger partial charge in [0.25, 0.3) is 5.56 Å². The molecular formula is C12H21N3O2. The highest BCUT2D eigenvalue weighted by Gasteiger charge is 2.05. The van der Waals surface area contributed by atoms with E-state index in [0.717, 1.165) is 12.2 Å². The van der Waals surface area contributed by atoms with Gasteiger partial charge in [0.1, 0.15) is 0 Å². The maximum atomic E-state index is 11.7. The fourth-order valence-electron chi connectivity index (χ4n) is 1.31. The fourth-order valence-corrected chi connectivity index (χ4v) is 1.31. The maximum Gasteiger partial charge on any atom is 0.268 e. The zero-order chi connectivity index (χ0) is 12.8. The Hall–Kier alpha value is -1.36. The average Bonchev–Trinajstić information content (AvgIpc) is 2.29. The first-order valence-corrected chi connectivity index (χ1v) is 5.86. The zero-order valence-electron chi connectivity index (χ0n) is 10.9. The van der Waals surface area contributed by atoms with E-state index in [4.69, 9.17) is 4.74 Å². The predicted octanol–water partition coefficient (Wildman–Crippen LogP) is 1.35. The van der Waals surface area contributed by atoms with Gasteiger partial charge in [-0.3, -0.25) is 4.79 Å². The Morgan fingerprint density at radius 1 is 1.47 bits per heavy atom. The Balaban J connectivity index is 2.69. The molecule has 1 atom stereocenters. The second kappa shape index (κ2) is 6.39. The number of anilines is 1. The number of aromatic nitrogens is 2. The molecule has 1 rings (SSSR count). The van der Waals surface area contributed by atoms with Crippen LogP contribution in [0, 0.1) is 5.92 Å². The molecule has 1 aromatic heterocycles. The lowest BCUT2D eigenvalue weighted by Crippen LogP contribution is -2.28. The molecule has 0 fully saturated rings. The van der Waals surface area contributed by atoms with Gasteiger partial charge in [0.2, 0.25) is 0 Å². The van der Waals surface area contributed by atoms with Gasteiger partial charge in [0.15, 0.2) is 0 Å². The van der Waals surface area contributed by atoms with Gasteiger partial charge in [-0.25, -0.2) is 4.68 Å². The molecule has 0 saturated carbocycles. The van der Waals surface area contributed by atoms with Crippen molar-refractivity contribution in [2.75, 3.05) is 19.0 Å². The summed E-state index contributed by atoms with van der Waals surface area (Å²) in [5, 5.41) is 7.28. The molecule has 0 aliphatic rings. The third-order valence-electron chi connectivity index (χ3n) is 2.42. The highest BCUT2D eigenvalue weighted by atomic mass is 16.5. The van der Waals surface area contributed by atoms with Crippen molar-refractivity contribution in [3.63, 3.8) is 0 Å². The summed E-state index contributed by atoms with van der Waals surface area (Å²) in [6.07, 6.45) is 1.65. The summed E-state index contributed by atoms with van der Waals surface area (Å²) in [4.78, 5) is 11.7. The summed E-state index contributed by atoms with van der Waals surface area (Å²) in [7, 11) is 1.62. The predicted molar refractivity (Wildman–Crippen MR) is 68.3 cm³/mol. The Labute approximate surface area is 102 Å². The van der Waals surface area contributed by atoms with Crippen LogP contribution in [-0.4, -0.2) is 29.5 Å². The smallest absolute Gasteiger partial charge is 0.268 e.